The maximum absolute atomic E-state index is 13.5. The number of benzene rings is 1. The first kappa shape index (κ1) is 12.0. The number of nitrogens with one attached hydrogen (secondary N) is 2. The smallest absolute Gasteiger partial charge is 0.303 e. The molecule has 1 aromatic carbocycles. The number of aromatic amines is 1. The summed E-state index contributed by atoms with van der Waals surface area (Å²) in [6, 6.07) is 4.40. The highest BCUT2D eigenvalue weighted by atomic mass is 19.1. The number of carboxylic acid groups (broad SMARTS) is 1. The maximum Gasteiger partial charge on any atom is 0.303 e. The van der Waals surface area contributed by atoms with Crippen molar-refractivity contribution in [1.82, 2.24) is 10.2 Å². The summed E-state index contributed by atoms with van der Waals surface area (Å²) >= 11 is 0. The van der Waals surface area contributed by atoms with Crippen LogP contribution in [-0.2, 0) is 9.59 Å². The van der Waals surface area contributed by atoms with Gasteiger partial charge in [0.25, 0.3) is 0 Å². The van der Waals surface area contributed by atoms with Gasteiger partial charge < -0.3 is 10.4 Å². The molecule has 0 aliphatic rings. The predicted octanol–water partition coefficient (Wildman–Crippen LogP) is 1.51. The first-order valence-corrected chi connectivity index (χ1v) is 5.22. The molecule has 0 spiro atoms. The van der Waals surface area contributed by atoms with Crippen LogP contribution >= 0.6 is 0 Å². The van der Waals surface area contributed by atoms with E-state index in [0.717, 1.165) is 0 Å². The molecular formula is C11H10FN3O3. The Bertz CT molecular complexity index is 609. The van der Waals surface area contributed by atoms with Crippen LogP contribution in [-0.4, -0.2) is 27.2 Å². The molecular weight excluding hydrogens is 241 g/mol. The molecule has 7 heteroatoms. The van der Waals surface area contributed by atoms with Crippen LogP contribution in [0.3, 0.4) is 0 Å². The Hall–Kier alpha value is -2.44. The molecule has 0 bridgehead atoms. The zero-order valence-corrected chi connectivity index (χ0v) is 9.24. The normalized spacial score (nSPS) is 10.5. The monoisotopic (exact) mass is 251 g/mol. The van der Waals surface area contributed by atoms with Gasteiger partial charge in [-0.3, -0.25) is 14.7 Å². The molecule has 1 heterocycles. The van der Waals surface area contributed by atoms with E-state index in [2.05, 4.69) is 15.5 Å². The Morgan fingerprint density at radius 2 is 2.17 bits per heavy atom. The topological polar surface area (TPSA) is 95.1 Å². The Morgan fingerprint density at radius 3 is 2.89 bits per heavy atom. The van der Waals surface area contributed by atoms with Crippen molar-refractivity contribution in [2.24, 2.45) is 0 Å². The summed E-state index contributed by atoms with van der Waals surface area (Å²) in [6.07, 6.45) is -0.463. The van der Waals surface area contributed by atoms with E-state index in [1.165, 1.54) is 12.1 Å². The number of amides is 1. The number of H-pyrrole nitrogens is 1. The number of carboxylic acids is 1. The van der Waals surface area contributed by atoms with Gasteiger partial charge in [-0.1, -0.05) is 6.07 Å². The largest absolute Gasteiger partial charge is 0.481 e. The minimum Gasteiger partial charge on any atom is -0.481 e. The van der Waals surface area contributed by atoms with Crippen molar-refractivity contribution in [3.63, 3.8) is 0 Å². The molecule has 0 saturated heterocycles. The molecule has 6 nitrogen and oxygen atoms in total. The number of aliphatic carboxylic acids is 1. The van der Waals surface area contributed by atoms with E-state index >= 15 is 0 Å². The second-order valence-corrected chi connectivity index (χ2v) is 3.68. The van der Waals surface area contributed by atoms with E-state index in [1.807, 2.05) is 0 Å². The molecule has 2 rings (SSSR count). The average Bonchev–Trinajstić information content (AvgIpc) is 2.71. The van der Waals surface area contributed by atoms with Crippen molar-refractivity contribution in [2.45, 2.75) is 12.8 Å². The lowest BCUT2D eigenvalue weighted by Crippen LogP contribution is -2.13. The highest BCUT2D eigenvalue weighted by Crippen LogP contribution is 2.23. The van der Waals surface area contributed by atoms with Gasteiger partial charge in [-0.2, -0.15) is 5.10 Å². The van der Waals surface area contributed by atoms with Gasteiger partial charge in [-0.15, -0.1) is 0 Å². The Kier molecular flexibility index (Phi) is 3.22. The van der Waals surface area contributed by atoms with Gasteiger partial charge in [0.15, 0.2) is 5.82 Å². The minimum atomic E-state index is -1.07. The molecule has 1 aromatic heterocycles. The van der Waals surface area contributed by atoms with Crippen molar-refractivity contribution >= 4 is 28.6 Å². The number of halogens is 1. The molecule has 94 valence electrons. The highest BCUT2D eigenvalue weighted by Gasteiger charge is 2.13. The van der Waals surface area contributed by atoms with Gasteiger partial charge in [0, 0.05) is 6.42 Å². The molecule has 0 aliphatic heterocycles. The molecule has 0 fully saturated rings. The molecule has 3 N–H and O–H groups in total. The van der Waals surface area contributed by atoms with E-state index < -0.39 is 17.7 Å². The van der Waals surface area contributed by atoms with Gasteiger partial charge in [0.05, 0.1) is 17.3 Å². The molecule has 0 unspecified atom stereocenters. The molecule has 1 amide bonds. The molecule has 0 radical (unpaired) electrons. The van der Waals surface area contributed by atoms with Crippen LogP contribution in [0.1, 0.15) is 12.8 Å². The molecule has 0 atom stereocenters. The molecule has 0 saturated carbocycles. The highest BCUT2D eigenvalue weighted by molar-refractivity contribution is 6.00. The Morgan fingerprint density at radius 1 is 1.39 bits per heavy atom. The second-order valence-electron chi connectivity index (χ2n) is 3.68. The summed E-state index contributed by atoms with van der Waals surface area (Å²) in [5, 5.41) is 17.4. The van der Waals surface area contributed by atoms with Crippen molar-refractivity contribution < 1.29 is 19.1 Å². The summed E-state index contributed by atoms with van der Waals surface area (Å²) in [7, 11) is 0. The lowest BCUT2D eigenvalue weighted by atomic mass is 10.2. The first-order valence-electron chi connectivity index (χ1n) is 5.22. The summed E-state index contributed by atoms with van der Waals surface area (Å²) in [5.41, 5.74) is 0.462. The number of anilines is 1. The molecule has 0 aliphatic carbocycles. The quantitative estimate of drug-likeness (QED) is 0.767. The number of hydrogen-bond acceptors (Lipinski definition) is 3. The van der Waals surface area contributed by atoms with Gasteiger partial charge in [-0.25, -0.2) is 4.39 Å². The van der Waals surface area contributed by atoms with Crippen LogP contribution in [0.2, 0.25) is 0 Å². The second kappa shape index (κ2) is 4.82. The molecule has 2 aromatic rings. The standard InChI is InChI=1S/C11H10FN3O3/c12-6-2-1-3-7-10(6)11(15-14-7)13-8(16)4-5-9(17)18/h1-3H,4-5H2,(H,17,18)(H2,13,14,15,16). The van der Waals surface area contributed by atoms with Crippen LogP contribution in [0, 0.1) is 5.82 Å². The summed E-state index contributed by atoms with van der Waals surface area (Å²) < 4.78 is 13.5. The van der Waals surface area contributed by atoms with Crippen LogP contribution in [0.5, 0.6) is 0 Å². The molecule has 18 heavy (non-hydrogen) atoms. The van der Waals surface area contributed by atoms with Crippen molar-refractivity contribution in [1.29, 1.82) is 0 Å². The van der Waals surface area contributed by atoms with Gasteiger partial charge in [0.1, 0.15) is 5.82 Å². The number of fused-ring (bicyclic) bond motifs is 1. The third-order valence-corrected chi connectivity index (χ3v) is 2.36. The fourth-order valence-electron chi connectivity index (χ4n) is 1.54. The zero-order valence-electron chi connectivity index (χ0n) is 9.24. The number of nitrogens with zero attached hydrogens (tertiary/aromatic N) is 1. The summed E-state index contributed by atoms with van der Waals surface area (Å²) in [5.74, 6) is -2.02. The van der Waals surface area contributed by atoms with Crippen LogP contribution in [0.15, 0.2) is 18.2 Å². The Balaban J connectivity index is 2.17. The number of hydrogen-bond donors (Lipinski definition) is 3. The SMILES string of the molecule is O=C(O)CCC(=O)Nc1n[nH]c2cccc(F)c12. The van der Waals surface area contributed by atoms with E-state index in [0.29, 0.717) is 5.52 Å². The van der Waals surface area contributed by atoms with Gasteiger partial charge >= 0.3 is 5.97 Å². The lowest BCUT2D eigenvalue weighted by Gasteiger charge is -2.01. The first-order chi connectivity index (χ1) is 8.58. The van der Waals surface area contributed by atoms with E-state index in [1.54, 1.807) is 6.07 Å². The lowest BCUT2D eigenvalue weighted by molar-refractivity contribution is -0.138. The average molecular weight is 251 g/mol. The van der Waals surface area contributed by atoms with Crippen LogP contribution < -0.4 is 5.32 Å². The van der Waals surface area contributed by atoms with E-state index in [9.17, 15) is 14.0 Å². The van der Waals surface area contributed by atoms with Crippen molar-refractivity contribution in [3.05, 3.63) is 24.0 Å². The number of aromatic nitrogens is 2. The Labute approximate surface area is 101 Å². The fourth-order valence-corrected chi connectivity index (χ4v) is 1.54. The van der Waals surface area contributed by atoms with Crippen molar-refractivity contribution in [3.8, 4) is 0 Å². The third kappa shape index (κ3) is 2.45. The maximum atomic E-state index is 13.5. The fraction of sp³-hybridized carbons (Fsp3) is 0.182. The van der Waals surface area contributed by atoms with Crippen LogP contribution in [0.4, 0.5) is 10.2 Å². The number of carbonyl (C=O) groups is 2. The van der Waals surface area contributed by atoms with E-state index in [-0.39, 0.29) is 24.0 Å². The zero-order chi connectivity index (χ0) is 13.1. The minimum absolute atomic E-state index is 0.0680. The summed E-state index contributed by atoms with van der Waals surface area (Å²) in [6.45, 7) is 0. The third-order valence-electron chi connectivity index (χ3n) is 2.36. The number of rotatable bonds is 4. The number of carbonyl (C=O) groups excluding carboxylic acids is 1. The summed E-state index contributed by atoms with van der Waals surface area (Å²) in [4.78, 5) is 21.7. The van der Waals surface area contributed by atoms with Gasteiger partial charge in [0.2, 0.25) is 5.91 Å². The van der Waals surface area contributed by atoms with Gasteiger partial charge in [-0.05, 0) is 12.1 Å². The van der Waals surface area contributed by atoms with E-state index in [4.69, 9.17) is 5.11 Å². The van der Waals surface area contributed by atoms with Crippen LogP contribution in [0.25, 0.3) is 10.9 Å². The predicted molar refractivity (Wildman–Crippen MR) is 61.6 cm³/mol. The van der Waals surface area contributed by atoms with Crippen molar-refractivity contribution in [2.75, 3.05) is 5.32 Å².